The molecule has 0 aliphatic carbocycles. The predicted octanol–water partition coefficient (Wildman–Crippen LogP) is 3.25. The lowest BCUT2D eigenvalue weighted by molar-refractivity contribution is -0.123. The normalized spacial score (nSPS) is 23.8. The summed E-state index contributed by atoms with van der Waals surface area (Å²) < 4.78 is 29.5. The van der Waals surface area contributed by atoms with Crippen LogP contribution in [0.3, 0.4) is 0 Å². The third kappa shape index (κ3) is 4.47. The number of hydrogen-bond donors (Lipinski definition) is 0. The molecule has 0 aromatic heterocycles. The number of unbranched alkanes of at least 4 members (excludes halogenated alkanes) is 1. The number of hydrogen-bond acceptors (Lipinski definition) is 6. The van der Waals surface area contributed by atoms with Gasteiger partial charge in [-0.2, -0.15) is 0 Å². The zero-order valence-electron chi connectivity index (χ0n) is 14.5. The Bertz CT molecular complexity index is 830. The molecule has 8 heteroatoms. The number of rotatable bonds is 6. The lowest BCUT2D eigenvalue weighted by Crippen LogP contribution is -2.39. The minimum atomic E-state index is -3.07. The van der Waals surface area contributed by atoms with Crippen LogP contribution in [0.4, 0.5) is 0 Å². The van der Waals surface area contributed by atoms with E-state index in [1.54, 1.807) is 6.08 Å². The summed E-state index contributed by atoms with van der Waals surface area (Å²) in [5.74, 6) is 0.716. The molecule has 0 N–H and O–H groups in total. The SMILES string of the molecule is CCCCOc1ccc(/C=C2/SC(=S)N([C@H]3CCS(=O)(=O)C3)C2=O)cc1. The Morgan fingerprint density at radius 1 is 1.35 bits per heavy atom. The second kappa shape index (κ2) is 8.10. The fraction of sp³-hybridized carbons (Fsp3) is 0.444. The van der Waals surface area contributed by atoms with Gasteiger partial charge in [0.25, 0.3) is 5.91 Å². The lowest BCUT2D eigenvalue weighted by atomic mass is 10.2. The molecule has 2 aliphatic heterocycles. The van der Waals surface area contributed by atoms with Crippen molar-refractivity contribution in [1.29, 1.82) is 0 Å². The zero-order valence-corrected chi connectivity index (χ0v) is 17.0. The van der Waals surface area contributed by atoms with Crippen molar-refractivity contribution >= 4 is 50.1 Å². The van der Waals surface area contributed by atoms with Gasteiger partial charge in [-0.1, -0.05) is 49.5 Å². The molecular weight excluding hydrogens is 390 g/mol. The van der Waals surface area contributed by atoms with Crippen molar-refractivity contribution in [1.82, 2.24) is 4.90 Å². The fourth-order valence-electron chi connectivity index (χ4n) is 2.92. The highest BCUT2D eigenvalue weighted by molar-refractivity contribution is 8.26. The first kappa shape index (κ1) is 19.4. The topological polar surface area (TPSA) is 63.7 Å². The van der Waals surface area contributed by atoms with Gasteiger partial charge in [-0.05, 0) is 36.6 Å². The van der Waals surface area contributed by atoms with E-state index in [-0.39, 0.29) is 23.5 Å². The van der Waals surface area contributed by atoms with E-state index in [9.17, 15) is 13.2 Å². The van der Waals surface area contributed by atoms with E-state index in [1.807, 2.05) is 24.3 Å². The molecule has 0 bridgehead atoms. The van der Waals surface area contributed by atoms with Crippen LogP contribution in [0, 0.1) is 0 Å². The Balaban J connectivity index is 1.70. The van der Waals surface area contributed by atoms with Gasteiger partial charge in [0.2, 0.25) is 0 Å². The van der Waals surface area contributed by atoms with Gasteiger partial charge in [0, 0.05) is 0 Å². The lowest BCUT2D eigenvalue weighted by Gasteiger charge is -2.20. The average Bonchev–Trinajstić information content (AvgIpc) is 3.08. The van der Waals surface area contributed by atoms with Gasteiger partial charge in [0.1, 0.15) is 10.1 Å². The minimum Gasteiger partial charge on any atom is -0.494 e. The van der Waals surface area contributed by atoms with Crippen LogP contribution in [-0.2, 0) is 14.6 Å². The fourth-order valence-corrected chi connectivity index (χ4v) is 6.02. The molecule has 0 saturated carbocycles. The van der Waals surface area contributed by atoms with Gasteiger partial charge in [0.15, 0.2) is 9.84 Å². The number of thiocarbonyl (C=S) groups is 1. The maximum Gasteiger partial charge on any atom is 0.266 e. The number of benzene rings is 1. The molecule has 0 radical (unpaired) electrons. The van der Waals surface area contributed by atoms with E-state index in [4.69, 9.17) is 17.0 Å². The standard InChI is InChI=1S/C18H21NO4S3/c1-2-3-9-23-15-6-4-13(5-7-15)11-16-17(20)19(18(24)25-16)14-8-10-26(21,22)12-14/h4-7,11,14H,2-3,8-10,12H2,1H3/b16-11+/t14-/m0/s1. The molecule has 2 saturated heterocycles. The molecule has 1 aromatic rings. The molecule has 5 nitrogen and oxygen atoms in total. The summed E-state index contributed by atoms with van der Waals surface area (Å²) in [5, 5.41) is 0. The molecule has 1 atom stereocenters. The number of ether oxygens (including phenoxy) is 1. The van der Waals surface area contributed by atoms with Crippen LogP contribution in [0.5, 0.6) is 5.75 Å². The van der Waals surface area contributed by atoms with Crippen molar-refractivity contribution in [2.75, 3.05) is 18.1 Å². The van der Waals surface area contributed by atoms with Crippen LogP contribution in [0.1, 0.15) is 31.7 Å². The van der Waals surface area contributed by atoms with Gasteiger partial charge in [-0.15, -0.1) is 0 Å². The molecule has 2 aliphatic rings. The Kier molecular flexibility index (Phi) is 6.04. The molecule has 26 heavy (non-hydrogen) atoms. The van der Waals surface area contributed by atoms with Gasteiger partial charge >= 0.3 is 0 Å². The van der Waals surface area contributed by atoms with E-state index in [2.05, 4.69) is 6.92 Å². The van der Waals surface area contributed by atoms with Gasteiger partial charge in [0.05, 0.1) is 29.1 Å². The summed E-state index contributed by atoms with van der Waals surface area (Å²) in [6, 6.07) is 7.21. The van der Waals surface area contributed by atoms with E-state index in [0.717, 1.165) is 24.2 Å². The third-order valence-electron chi connectivity index (χ3n) is 4.34. The highest BCUT2D eigenvalue weighted by atomic mass is 32.2. The van der Waals surface area contributed by atoms with Crippen LogP contribution in [0.15, 0.2) is 29.2 Å². The molecule has 3 rings (SSSR count). The molecule has 140 valence electrons. The highest BCUT2D eigenvalue weighted by Gasteiger charge is 2.42. The molecule has 0 unspecified atom stereocenters. The molecule has 2 fully saturated rings. The maximum atomic E-state index is 12.7. The monoisotopic (exact) mass is 411 g/mol. The van der Waals surface area contributed by atoms with Gasteiger partial charge < -0.3 is 4.74 Å². The van der Waals surface area contributed by atoms with E-state index < -0.39 is 9.84 Å². The molecule has 0 spiro atoms. The Labute approximate surface area is 163 Å². The minimum absolute atomic E-state index is 0.00346. The summed E-state index contributed by atoms with van der Waals surface area (Å²) in [6.45, 7) is 2.81. The Morgan fingerprint density at radius 3 is 2.69 bits per heavy atom. The second-order valence-corrected chi connectivity index (χ2v) is 10.3. The number of thioether (sulfide) groups is 1. The Hall–Kier alpha value is -1.38. The van der Waals surface area contributed by atoms with Crippen molar-refractivity contribution < 1.29 is 17.9 Å². The van der Waals surface area contributed by atoms with Crippen molar-refractivity contribution in [2.45, 2.75) is 32.2 Å². The highest BCUT2D eigenvalue weighted by Crippen LogP contribution is 2.36. The summed E-state index contributed by atoms with van der Waals surface area (Å²) in [5.41, 5.74) is 0.882. The summed E-state index contributed by atoms with van der Waals surface area (Å²) in [4.78, 5) is 14.7. The number of sulfone groups is 1. The Morgan fingerprint density at radius 2 is 2.08 bits per heavy atom. The maximum absolute atomic E-state index is 12.7. The van der Waals surface area contributed by atoms with Crippen LogP contribution in [-0.4, -0.2) is 47.7 Å². The van der Waals surface area contributed by atoms with Crippen LogP contribution in [0.2, 0.25) is 0 Å². The number of amides is 1. The van der Waals surface area contributed by atoms with Crippen LogP contribution >= 0.6 is 24.0 Å². The van der Waals surface area contributed by atoms with Crippen LogP contribution in [0.25, 0.3) is 6.08 Å². The summed E-state index contributed by atoms with van der Waals surface area (Å²) >= 11 is 6.54. The predicted molar refractivity (Wildman–Crippen MR) is 109 cm³/mol. The molecule has 2 heterocycles. The second-order valence-electron chi connectivity index (χ2n) is 6.38. The quantitative estimate of drug-likeness (QED) is 0.407. The van der Waals surface area contributed by atoms with Gasteiger partial charge in [-0.25, -0.2) is 8.42 Å². The molecule has 1 aromatic carbocycles. The van der Waals surface area contributed by atoms with Crippen molar-refractivity contribution in [3.8, 4) is 5.75 Å². The summed E-state index contributed by atoms with van der Waals surface area (Å²) in [7, 11) is -3.07. The van der Waals surface area contributed by atoms with Crippen molar-refractivity contribution in [3.05, 3.63) is 34.7 Å². The smallest absolute Gasteiger partial charge is 0.266 e. The van der Waals surface area contributed by atoms with E-state index in [1.165, 1.54) is 16.7 Å². The first-order chi connectivity index (χ1) is 12.4. The average molecular weight is 412 g/mol. The number of carbonyl (C=O) groups is 1. The van der Waals surface area contributed by atoms with Gasteiger partial charge in [-0.3, -0.25) is 9.69 Å². The first-order valence-corrected chi connectivity index (χ1v) is 11.6. The number of carbonyl (C=O) groups excluding carboxylic acids is 1. The third-order valence-corrected chi connectivity index (χ3v) is 7.42. The zero-order chi connectivity index (χ0) is 18.7. The number of nitrogens with zero attached hydrogens (tertiary/aromatic N) is 1. The van der Waals surface area contributed by atoms with E-state index >= 15 is 0 Å². The first-order valence-electron chi connectivity index (χ1n) is 8.60. The molecular formula is C18H21NO4S3. The van der Waals surface area contributed by atoms with E-state index in [0.29, 0.717) is 22.3 Å². The summed E-state index contributed by atoms with van der Waals surface area (Å²) in [6.07, 6.45) is 4.34. The van der Waals surface area contributed by atoms with Crippen molar-refractivity contribution in [2.24, 2.45) is 0 Å². The van der Waals surface area contributed by atoms with Crippen molar-refractivity contribution in [3.63, 3.8) is 0 Å². The largest absolute Gasteiger partial charge is 0.494 e. The molecule has 1 amide bonds. The van der Waals surface area contributed by atoms with Crippen LogP contribution < -0.4 is 4.74 Å².